The zero-order chi connectivity index (χ0) is 11.7. The van der Waals surface area contributed by atoms with E-state index in [9.17, 15) is 0 Å². The minimum absolute atomic E-state index is 0.648. The molecule has 0 bridgehead atoms. The Morgan fingerprint density at radius 1 is 1.29 bits per heavy atom. The molecular weight excluding hydrogens is 226 g/mol. The fourth-order valence-electron chi connectivity index (χ4n) is 3.42. The average molecular weight is 247 g/mol. The van der Waals surface area contributed by atoms with Gasteiger partial charge in [0.05, 0.1) is 0 Å². The number of hydrogen-bond acceptors (Lipinski definition) is 2. The van der Waals surface area contributed by atoms with Crippen molar-refractivity contribution in [3.8, 4) is 0 Å². The van der Waals surface area contributed by atoms with Crippen LogP contribution >= 0.6 is 12.6 Å². The number of hydrogen-bond donors (Lipinski definition) is 1. The largest absolute Gasteiger partial charge is 0.299 e. The highest BCUT2D eigenvalue weighted by Gasteiger charge is 2.54. The minimum atomic E-state index is 0.648. The van der Waals surface area contributed by atoms with Gasteiger partial charge in [0.15, 0.2) is 0 Å². The molecule has 1 spiro atoms. The van der Waals surface area contributed by atoms with Crippen molar-refractivity contribution in [3.05, 3.63) is 35.9 Å². The van der Waals surface area contributed by atoms with E-state index in [2.05, 4.69) is 47.9 Å². The van der Waals surface area contributed by atoms with Gasteiger partial charge >= 0.3 is 0 Å². The van der Waals surface area contributed by atoms with Crippen LogP contribution in [0.3, 0.4) is 0 Å². The summed E-state index contributed by atoms with van der Waals surface area (Å²) >= 11 is 4.47. The number of likely N-dealkylation sites (tertiary alicyclic amines) is 1. The minimum Gasteiger partial charge on any atom is -0.299 e. The van der Waals surface area contributed by atoms with E-state index in [0.717, 1.165) is 18.2 Å². The molecule has 1 aliphatic carbocycles. The van der Waals surface area contributed by atoms with E-state index in [4.69, 9.17) is 0 Å². The Bertz CT molecular complexity index is 378. The molecule has 2 aliphatic rings. The topological polar surface area (TPSA) is 3.24 Å². The SMILES string of the molecule is SCC1CC12CCCN(Cc1ccccc1)C2. The summed E-state index contributed by atoms with van der Waals surface area (Å²) < 4.78 is 0. The quantitative estimate of drug-likeness (QED) is 0.803. The standard InChI is InChI=1S/C15H21NS/c17-11-14-9-15(14)7-4-8-16(12-15)10-13-5-2-1-3-6-13/h1-3,5-6,14,17H,4,7-12H2. The second-order valence-electron chi connectivity index (χ2n) is 5.75. The van der Waals surface area contributed by atoms with E-state index >= 15 is 0 Å². The maximum atomic E-state index is 4.47. The fourth-order valence-corrected chi connectivity index (χ4v) is 3.94. The third-order valence-corrected chi connectivity index (χ3v) is 4.96. The Hall–Kier alpha value is -0.470. The fraction of sp³-hybridized carbons (Fsp3) is 0.600. The number of thiol groups is 1. The van der Waals surface area contributed by atoms with Gasteiger partial charge in [-0.15, -0.1) is 0 Å². The first-order valence-corrected chi connectivity index (χ1v) is 7.33. The van der Waals surface area contributed by atoms with E-state index in [1.54, 1.807) is 0 Å². The van der Waals surface area contributed by atoms with Gasteiger partial charge in [-0.1, -0.05) is 30.3 Å². The lowest BCUT2D eigenvalue weighted by Gasteiger charge is -2.33. The molecule has 1 nitrogen and oxygen atoms in total. The van der Waals surface area contributed by atoms with E-state index < -0.39 is 0 Å². The maximum Gasteiger partial charge on any atom is 0.0233 e. The molecule has 92 valence electrons. The highest BCUT2D eigenvalue weighted by atomic mass is 32.1. The summed E-state index contributed by atoms with van der Waals surface area (Å²) in [7, 11) is 0. The second kappa shape index (κ2) is 4.66. The first-order chi connectivity index (χ1) is 8.32. The predicted octanol–water partition coefficient (Wildman–Crippen LogP) is 3.22. The summed E-state index contributed by atoms with van der Waals surface area (Å²) in [5, 5.41) is 0. The van der Waals surface area contributed by atoms with Crippen molar-refractivity contribution < 1.29 is 0 Å². The Labute approximate surface area is 110 Å². The average Bonchev–Trinajstić information content (AvgIpc) is 3.03. The Morgan fingerprint density at radius 2 is 2.12 bits per heavy atom. The van der Waals surface area contributed by atoms with Gasteiger partial charge in [-0.05, 0) is 48.5 Å². The second-order valence-corrected chi connectivity index (χ2v) is 6.11. The van der Waals surface area contributed by atoms with Gasteiger partial charge in [-0.25, -0.2) is 0 Å². The van der Waals surface area contributed by atoms with Crippen molar-refractivity contribution in [2.24, 2.45) is 11.3 Å². The molecule has 0 amide bonds. The lowest BCUT2D eigenvalue weighted by atomic mass is 9.92. The van der Waals surface area contributed by atoms with E-state index in [-0.39, 0.29) is 0 Å². The molecule has 0 radical (unpaired) electrons. The van der Waals surface area contributed by atoms with Crippen LogP contribution in [0.5, 0.6) is 0 Å². The normalized spacial score (nSPS) is 32.9. The van der Waals surface area contributed by atoms with Gasteiger partial charge in [0.1, 0.15) is 0 Å². The van der Waals surface area contributed by atoms with E-state index in [0.29, 0.717) is 5.41 Å². The molecule has 3 rings (SSSR count). The molecule has 2 fully saturated rings. The zero-order valence-electron chi connectivity index (χ0n) is 10.3. The number of benzene rings is 1. The number of piperidine rings is 1. The molecular formula is C15H21NS. The van der Waals surface area contributed by atoms with Crippen molar-refractivity contribution in [1.29, 1.82) is 0 Å². The van der Waals surface area contributed by atoms with Crippen LogP contribution in [0, 0.1) is 11.3 Å². The molecule has 1 heterocycles. The molecule has 1 saturated carbocycles. The van der Waals surface area contributed by atoms with Crippen molar-refractivity contribution in [3.63, 3.8) is 0 Å². The molecule has 0 aromatic heterocycles. The monoisotopic (exact) mass is 247 g/mol. The summed E-state index contributed by atoms with van der Waals surface area (Å²) in [4.78, 5) is 2.64. The van der Waals surface area contributed by atoms with Crippen LogP contribution in [-0.2, 0) is 6.54 Å². The summed E-state index contributed by atoms with van der Waals surface area (Å²) in [5.41, 5.74) is 2.10. The van der Waals surface area contributed by atoms with Crippen molar-refractivity contribution in [2.75, 3.05) is 18.8 Å². The summed E-state index contributed by atoms with van der Waals surface area (Å²) in [6, 6.07) is 10.9. The van der Waals surface area contributed by atoms with Crippen LogP contribution in [0.1, 0.15) is 24.8 Å². The van der Waals surface area contributed by atoms with Crippen LogP contribution in [0.2, 0.25) is 0 Å². The molecule has 2 heteroatoms. The Balaban J connectivity index is 1.62. The van der Waals surface area contributed by atoms with Crippen LogP contribution in [0.4, 0.5) is 0 Å². The molecule has 17 heavy (non-hydrogen) atoms. The number of rotatable bonds is 3. The summed E-state index contributed by atoms with van der Waals surface area (Å²) in [6.07, 6.45) is 4.22. The summed E-state index contributed by atoms with van der Waals surface area (Å²) in [6.45, 7) is 3.70. The van der Waals surface area contributed by atoms with Gasteiger partial charge < -0.3 is 0 Å². The molecule has 1 aromatic rings. The van der Waals surface area contributed by atoms with Crippen molar-refractivity contribution in [1.82, 2.24) is 4.90 Å². The van der Waals surface area contributed by atoms with Crippen LogP contribution in [-0.4, -0.2) is 23.7 Å². The molecule has 1 aromatic carbocycles. The molecule has 2 unspecified atom stereocenters. The van der Waals surface area contributed by atoms with Crippen molar-refractivity contribution >= 4 is 12.6 Å². The summed E-state index contributed by atoms with van der Waals surface area (Å²) in [5.74, 6) is 1.98. The zero-order valence-corrected chi connectivity index (χ0v) is 11.2. The van der Waals surface area contributed by atoms with Crippen LogP contribution in [0.25, 0.3) is 0 Å². The third kappa shape index (κ3) is 2.38. The van der Waals surface area contributed by atoms with Gasteiger partial charge in [-0.2, -0.15) is 12.6 Å². The van der Waals surface area contributed by atoms with Crippen LogP contribution in [0.15, 0.2) is 30.3 Å². The third-order valence-electron chi connectivity index (χ3n) is 4.52. The molecule has 1 aliphatic heterocycles. The van der Waals surface area contributed by atoms with Crippen molar-refractivity contribution in [2.45, 2.75) is 25.8 Å². The highest BCUT2D eigenvalue weighted by Crippen LogP contribution is 2.58. The van der Waals surface area contributed by atoms with Gasteiger partial charge in [0.25, 0.3) is 0 Å². The van der Waals surface area contributed by atoms with Gasteiger partial charge in [-0.3, -0.25) is 4.90 Å². The van der Waals surface area contributed by atoms with Gasteiger partial charge in [0, 0.05) is 13.1 Å². The molecule has 0 N–H and O–H groups in total. The maximum absolute atomic E-state index is 4.47. The Morgan fingerprint density at radius 3 is 2.82 bits per heavy atom. The van der Waals surface area contributed by atoms with E-state index in [1.165, 1.54) is 37.9 Å². The van der Waals surface area contributed by atoms with Crippen LogP contribution < -0.4 is 0 Å². The lowest BCUT2D eigenvalue weighted by Crippen LogP contribution is -2.37. The predicted molar refractivity (Wildman–Crippen MR) is 75.3 cm³/mol. The first kappa shape index (κ1) is 11.6. The van der Waals surface area contributed by atoms with Gasteiger partial charge in [0.2, 0.25) is 0 Å². The number of nitrogens with zero attached hydrogens (tertiary/aromatic N) is 1. The Kier molecular flexibility index (Phi) is 3.18. The molecule has 1 saturated heterocycles. The smallest absolute Gasteiger partial charge is 0.0233 e. The first-order valence-electron chi connectivity index (χ1n) is 6.69. The highest BCUT2D eigenvalue weighted by molar-refractivity contribution is 7.80. The lowest BCUT2D eigenvalue weighted by molar-refractivity contribution is 0.146. The van der Waals surface area contributed by atoms with E-state index in [1.807, 2.05) is 0 Å². The molecule has 2 atom stereocenters.